The molecule has 1 amide bonds. The molecule has 7 nitrogen and oxygen atoms in total. The summed E-state index contributed by atoms with van der Waals surface area (Å²) in [6, 6.07) is 19.6. The molecule has 1 aliphatic rings. The summed E-state index contributed by atoms with van der Waals surface area (Å²) in [7, 11) is 0. The van der Waals surface area contributed by atoms with Crippen LogP contribution < -0.4 is 4.74 Å². The van der Waals surface area contributed by atoms with Crippen molar-refractivity contribution in [3.63, 3.8) is 0 Å². The third-order valence-electron chi connectivity index (χ3n) is 6.05. The lowest BCUT2D eigenvalue weighted by molar-refractivity contribution is 0.0502. The Morgan fingerprint density at radius 2 is 1.78 bits per heavy atom. The molecule has 0 N–H and O–H groups in total. The van der Waals surface area contributed by atoms with E-state index >= 15 is 0 Å². The maximum absolute atomic E-state index is 13.5. The van der Waals surface area contributed by atoms with Crippen LogP contribution in [-0.4, -0.2) is 50.0 Å². The Bertz CT molecular complexity index is 1220. The molecule has 3 heterocycles. The molecule has 1 aliphatic heterocycles. The number of carbonyl (C=O) groups excluding carboxylic acids is 1. The summed E-state index contributed by atoms with van der Waals surface area (Å²) in [6.07, 6.45) is 5.17. The number of rotatable bonds is 5. The number of benzene rings is 2. The molecule has 5 rings (SSSR count). The highest BCUT2D eigenvalue weighted by molar-refractivity contribution is 5.98. The number of ether oxygens (including phenoxy) is 1. The number of hydrogen-bond acceptors (Lipinski definition) is 5. The van der Waals surface area contributed by atoms with Crippen LogP contribution in [0.1, 0.15) is 30.1 Å². The van der Waals surface area contributed by atoms with Crippen molar-refractivity contribution in [3.05, 3.63) is 78.6 Å². The minimum Gasteiger partial charge on any atom is -0.477 e. The molecule has 0 saturated carbocycles. The lowest BCUT2D eigenvalue weighted by Crippen LogP contribution is -2.47. The number of nitrogens with zero attached hydrogens (tertiary/aromatic N) is 5. The van der Waals surface area contributed by atoms with Gasteiger partial charge in [-0.2, -0.15) is 15.0 Å². The molecule has 0 aliphatic carbocycles. The van der Waals surface area contributed by atoms with Gasteiger partial charge in [-0.05, 0) is 44.0 Å². The van der Waals surface area contributed by atoms with Crippen molar-refractivity contribution in [2.45, 2.75) is 25.8 Å². The minimum absolute atomic E-state index is 0.000991. The van der Waals surface area contributed by atoms with Crippen LogP contribution in [0.15, 0.2) is 73.1 Å². The summed E-state index contributed by atoms with van der Waals surface area (Å²) in [5.41, 5.74) is 2.21. The van der Waals surface area contributed by atoms with E-state index in [9.17, 15) is 4.79 Å². The first-order chi connectivity index (χ1) is 15.7. The predicted molar refractivity (Wildman–Crippen MR) is 122 cm³/mol. The molecule has 0 bridgehead atoms. The van der Waals surface area contributed by atoms with Gasteiger partial charge in [-0.1, -0.05) is 30.3 Å². The summed E-state index contributed by atoms with van der Waals surface area (Å²) in [5, 5.41) is 9.49. The fourth-order valence-electron chi connectivity index (χ4n) is 4.26. The number of piperidine rings is 1. The van der Waals surface area contributed by atoms with Crippen LogP contribution in [-0.2, 0) is 0 Å². The second-order valence-corrected chi connectivity index (χ2v) is 8.24. The van der Waals surface area contributed by atoms with E-state index < -0.39 is 0 Å². The second-order valence-electron chi connectivity index (χ2n) is 8.24. The maximum Gasteiger partial charge on any atom is 0.256 e. The van der Waals surface area contributed by atoms with Gasteiger partial charge in [0.05, 0.1) is 35.8 Å². The van der Waals surface area contributed by atoms with Gasteiger partial charge in [0.25, 0.3) is 5.91 Å². The summed E-state index contributed by atoms with van der Waals surface area (Å²) in [4.78, 5) is 21.5. The number of para-hydroxylation sites is 2. The lowest BCUT2D eigenvalue weighted by atomic mass is 9.93. The van der Waals surface area contributed by atoms with Crippen LogP contribution in [0.25, 0.3) is 16.6 Å². The normalized spacial score (nSPS) is 18.6. The zero-order valence-corrected chi connectivity index (χ0v) is 18.0. The molecular weight excluding hydrogens is 402 g/mol. The monoisotopic (exact) mass is 427 g/mol. The Balaban J connectivity index is 1.30. The number of carbonyl (C=O) groups is 1. The molecule has 2 aromatic heterocycles. The third kappa shape index (κ3) is 4.06. The minimum atomic E-state index is -0.000991. The topological polar surface area (TPSA) is 73.1 Å². The third-order valence-corrected chi connectivity index (χ3v) is 6.05. The van der Waals surface area contributed by atoms with E-state index in [4.69, 9.17) is 4.74 Å². The van der Waals surface area contributed by atoms with Crippen LogP contribution in [0.3, 0.4) is 0 Å². The number of fused-ring (bicyclic) bond motifs is 1. The van der Waals surface area contributed by atoms with Gasteiger partial charge < -0.3 is 9.64 Å². The molecule has 0 spiro atoms. The first kappa shape index (κ1) is 20.2. The van der Waals surface area contributed by atoms with Crippen LogP contribution in [0.5, 0.6) is 5.88 Å². The molecule has 7 heteroatoms. The van der Waals surface area contributed by atoms with Crippen molar-refractivity contribution in [2.75, 3.05) is 13.2 Å². The number of pyridine rings is 1. The van der Waals surface area contributed by atoms with E-state index in [1.165, 1.54) is 4.80 Å². The fourth-order valence-corrected chi connectivity index (χ4v) is 4.26. The Kier molecular flexibility index (Phi) is 5.54. The predicted octanol–water partition coefficient (Wildman–Crippen LogP) is 4.14. The zero-order chi connectivity index (χ0) is 21.9. The Hall–Kier alpha value is -3.74. The molecule has 2 atom stereocenters. The van der Waals surface area contributed by atoms with Gasteiger partial charge in [0.15, 0.2) is 0 Å². The SMILES string of the molecule is C[C@@H]1CC[C@H](COc2ccc3ccccc3n2)CN1C(=O)c1ccccc1-n1nccn1. The molecule has 1 fully saturated rings. The highest BCUT2D eigenvalue weighted by atomic mass is 16.5. The van der Waals surface area contributed by atoms with Gasteiger partial charge in [-0.15, -0.1) is 0 Å². The van der Waals surface area contributed by atoms with Gasteiger partial charge in [0.1, 0.15) is 0 Å². The van der Waals surface area contributed by atoms with Crippen molar-refractivity contribution in [3.8, 4) is 11.6 Å². The number of aromatic nitrogens is 4. The average molecular weight is 428 g/mol. The lowest BCUT2D eigenvalue weighted by Gasteiger charge is -2.38. The van der Waals surface area contributed by atoms with Crippen LogP contribution in [0.2, 0.25) is 0 Å². The van der Waals surface area contributed by atoms with E-state index in [1.54, 1.807) is 12.4 Å². The van der Waals surface area contributed by atoms with E-state index in [1.807, 2.05) is 65.6 Å². The number of hydrogen-bond donors (Lipinski definition) is 0. The van der Waals surface area contributed by atoms with Crippen LogP contribution in [0, 0.1) is 5.92 Å². The molecule has 1 saturated heterocycles. The van der Waals surface area contributed by atoms with Crippen LogP contribution in [0.4, 0.5) is 0 Å². The first-order valence-corrected chi connectivity index (χ1v) is 10.9. The van der Waals surface area contributed by atoms with E-state index in [0.29, 0.717) is 30.3 Å². The molecule has 0 radical (unpaired) electrons. The highest BCUT2D eigenvalue weighted by Crippen LogP contribution is 2.26. The van der Waals surface area contributed by atoms with Gasteiger partial charge >= 0.3 is 0 Å². The molecule has 0 unspecified atom stereocenters. The summed E-state index contributed by atoms with van der Waals surface area (Å²) in [5.74, 6) is 0.868. The molecule has 32 heavy (non-hydrogen) atoms. The summed E-state index contributed by atoms with van der Waals surface area (Å²) in [6.45, 7) is 3.29. The van der Waals surface area contributed by atoms with Crippen LogP contribution >= 0.6 is 0 Å². The standard InChI is InChI=1S/C25H25N5O2/c1-18-10-11-19(17-32-24-13-12-20-6-2-4-8-22(20)28-24)16-29(18)25(31)21-7-3-5-9-23(21)30-26-14-15-27-30/h2-9,12-15,18-19H,10-11,16-17H2,1H3/t18-,19+/m1/s1. The second kappa shape index (κ2) is 8.78. The molecule has 4 aromatic rings. The Morgan fingerprint density at radius 1 is 1.00 bits per heavy atom. The average Bonchev–Trinajstić information content (AvgIpc) is 3.38. The van der Waals surface area contributed by atoms with Gasteiger partial charge in [0, 0.05) is 30.0 Å². The molecular formula is C25H25N5O2. The summed E-state index contributed by atoms with van der Waals surface area (Å²) < 4.78 is 6.03. The fraction of sp³-hybridized carbons (Fsp3) is 0.280. The highest BCUT2D eigenvalue weighted by Gasteiger charge is 2.31. The Morgan fingerprint density at radius 3 is 2.66 bits per heavy atom. The van der Waals surface area contributed by atoms with E-state index in [0.717, 1.165) is 23.7 Å². The van der Waals surface area contributed by atoms with Crippen molar-refractivity contribution in [1.82, 2.24) is 24.9 Å². The zero-order valence-electron chi connectivity index (χ0n) is 18.0. The van der Waals surface area contributed by atoms with Gasteiger partial charge in [-0.3, -0.25) is 4.79 Å². The largest absolute Gasteiger partial charge is 0.477 e. The van der Waals surface area contributed by atoms with E-state index in [-0.39, 0.29) is 17.9 Å². The van der Waals surface area contributed by atoms with Crippen molar-refractivity contribution in [1.29, 1.82) is 0 Å². The van der Waals surface area contributed by atoms with Crippen molar-refractivity contribution in [2.24, 2.45) is 5.92 Å². The van der Waals surface area contributed by atoms with Crippen molar-refractivity contribution < 1.29 is 9.53 Å². The summed E-state index contributed by atoms with van der Waals surface area (Å²) >= 11 is 0. The molecule has 162 valence electrons. The van der Waals surface area contributed by atoms with Crippen molar-refractivity contribution >= 4 is 16.8 Å². The number of likely N-dealkylation sites (tertiary alicyclic amines) is 1. The number of amides is 1. The maximum atomic E-state index is 13.5. The van der Waals surface area contributed by atoms with Gasteiger partial charge in [-0.25, -0.2) is 4.98 Å². The molecule has 2 aromatic carbocycles. The Labute approximate surface area is 186 Å². The van der Waals surface area contributed by atoms with E-state index in [2.05, 4.69) is 22.1 Å². The smallest absolute Gasteiger partial charge is 0.256 e. The first-order valence-electron chi connectivity index (χ1n) is 10.9. The quantitative estimate of drug-likeness (QED) is 0.479. The van der Waals surface area contributed by atoms with Gasteiger partial charge in [0.2, 0.25) is 5.88 Å².